The highest BCUT2D eigenvalue weighted by Crippen LogP contribution is 2.33. The largest absolute Gasteiger partial charge is 0.0744 e. The van der Waals surface area contributed by atoms with Crippen LogP contribution in [0.4, 0.5) is 0 Å². The third-order valence-corrected chi connectivity index (χ3v) is 3.15. The van der Waals surface area contributed by atoms with Crippen LogP contribution in [0.3, 0.4) is 0 Å². The highest BCUT2D eigenvalue weighted by molar-refractivity contribution is 5.13. The Hall–Kier alpha value is -0.260. The zero-order chi connectivity index (χ0) is 9.94. The van der Waals surface area contributed by atoms with E-state index in [4.69, 9.17) is 0 Å². The Labute approximate surface area is 78.1 Å². The molecule has 0 nitrogen and oxygen atoms in total. The fraction of sp³-hybridized carbons (Fsp3) is 0.833. The molecule has 0 aliphatic rings. The van der Waals surface area contributed by atoms with E-state index in [0.29, 0.717) is 11.3 Å². The van der Waals surface area contributed by atoms with Crippen molar-refractivity contribution in [1.82, 2.24) is 0 Å². The second-order valence-corrected chi connectivity index (χ2v) is 4.90. The summed E-state index contributed by atoms with van der Waals surface area (Å²) in [6, 6.07) is 0. The smallest absolute Gasteiger partial charge is 0.0183 e. The van der Waals surface area contributed by atoms with Gasteiger partial charge in [-0.3, -0.25) is 0 Å². The predicted octanol–water partition coefficient (Wildman–Crippen LogP) is 4.42. The van der Waals surface area contributed by atoms with E-state index >= 15 is 0 Å². The summed E-state index contributed by atoms with van der Waals surface area (Å²) in [7, 11) is 0. The highest BCUT2D eigenvalue weighted by atomic mass is 14.3. The van der Waals surface area contributed by atoms with E-state index in [9.17, 15) is 0 Å². The molecule has 0 bridgehead atoms. The predicted molar refractivity (Wildman–Crippen MR) is 57.3 cm³/mol. The fourth-order valence-corrected chi connectivity index (χ4v) is 1.30. The van der Waals surface area contributed by atoms with Gasteiger partial charge in [-0.1, -0.05) is 45.8 Å². The third-order valence-electron chi connectivity index (χ3n) is 3.15. The van der Waals surface area contributed by atoms with Crippen molar-refractivity contribution in [3.05, 3.63) is 11.1 Å². The Balaban J connectivity index is 4.60. The maximum Gasteiger partial charge on any atom is -0.0183 e. The van der Waals surface area contributed by atoms with Crippen LogP contribution in [0.2, 0.25) is 0 Å². The second-order valence-electron chi connectivity index (χ2n) is 4.90. The third kappa shape index (κ3) is 3.00. The SMILES string of the molecule is CCC(C)=C(C)C(C)C(C)(C)C. The van der Waals surface area contributed by atoms with Crippen LogP contribution in [0.5, 0.6) is 0 Å². The molecule has 0 aliphatic heterocycles. The minimum atomic E-state index is 0.403. The van der Waals surface area contributed by atoms with E-state index in [0.717, 1.165) is 0 Å². The van der Waals surface area contributed by atoms with Gasteiger partial charge in [0.1, 0.15) is 0 Å². The standard InChI is InChI=1S/C12H24/c1-8-9(2)10(3)11(4)12(5,6)7/h11H,8H2,1-7H3. The van der Waals surface area contributed by atoms with Crippen molar-refractivity contribution in [3.8, 4) is 0 Å². The van der Waals surface area contributed by atoms with Gasteiger partial charge in [-0.25, -0.2) is 0 Å². The lowest BCUT2D eigenvalue weighted by Gasteiger charge is -2.29. The fourth-order valence-electron chi connectivity index (χ4n) is 1.30. The first-order valence-electron chi connectivity index (χ1n) is 4.97. The van der Waals surface area contributed by atoms with Crippen LogP contribution in [-0.2, 0) is 0 Å². The van der Waals surface area contributed by atoms with Crippen LogP contribution in [0, 0.1) is 11.3 Å². The summed E-state index contributed by atoms with van der Waals surface area (Å²) in [4.78, 5) is 0. The molecule has 1 atom stereocenters. The van der Waals surface area contributed by atoms with Gasteiger partial charge in [0, 0.05) is 0 Å². The van der Waals surface area contributed by atoms with E-state index < -0.39 is 0 Å². The Bertz CT molecular complexity index is 167. The minimum Gasteiger partial charge on any atom is -0.0744 e. The van der Waals surface area contributed by atoms with Gasteiger partial charge in [-0.05, 0) is 31.6 Å². The van der Waals surface area contributed by atoms with Crippen molar-refractivity contribution in [2.24, 2.45) is 11.3 Å². The molecule has 0 aromatic carbocycles. The summed E-state index contributed by atoms with van der Waals surface area (Å²) in [5, 5.41) is 0. The molecular formula is C12H24. The lowest BCUT2D eigenvalue weighted by Crippen LogP contribution is -2.18. The normalized spacial score (nSPS) is 17.2. The van der Waals surface area contributed by atoms with Gasteiger partial charge in [0.2, 0.25) is 0 Å². The monoisotopic (exact) mass is 168 g/mol. The number of hydrogen-bond donors (Lipinski definition) is 0. The number of rotatable bonds is 2. The zero-order valence-corrected chi connectivity index (χ0v) is 9.78. The molecule has 0 fully saturated rings. The van der Waals surface area contributed by atoms with Crippen LogP contribution in [0.15, 0.2) is 11.1 Å². The second kappa shape index (κ2) is 4.11. The van der Waals surface area contributed by atoms with Crippen molar-refractivity contribution in [2.45, 2.75) is 54.9 Å². The number of allylic oxidation sites excluding steroid dienone is 2. The zero-order valence-electron chi connectivity index (χ0n) is 9.78. The Morgan fingerprint density at radius 2 is 1.58 bits per heavy atom. The topological polar surface area (TPSA) is 0 Å². The van der Waals surface area contributed by atoms with Gasteiger partial charge in [0.25, 0.3) is 0 Å². The first-order valence-corrected chi connectivity index (χ1v) is 4.97. The summed E-state index contributed by atoms with van der Waals surface area (Å²) >= 11 is 0. The summed E-state index contributed by atoms with van der Waals surface area (Å²) in [6.45, 7) is 16.0. The average molecular weight is 168 g/mol. The van der Waals surface area contributed by atoms with Crippen molar-refractivity contribution in [3.63, 3.8) is 0 Å². The van der Waals surface area contributed by atoms with Crippen molar-refractivity contribution < 1.29 is 0 Å². The van der Waals surface area contributed by atoms with Gasteiger partial charge in [-0.2, -0.15) is 0 Å². The molecule has 0 spiro atoms. The quantitative estimate of drug-likeness (QED) is 0.536. The summed E-state index contributed by atoms with van der Waals surface area (Å²) < 4.78 is 0. The molecule has 0 amide bonds. The molecule has 0 saturated heterocycles. The maximum atomic E-state index is 2.33. The Morgan fingerprint density at radius 3 is 1.83 bits per heavy atom. The van der Waals surface area contributed by atoms with Gasteiger partial charge >= 0.3 is 0 Å². The molecule has 0 radical (unpaired) electrons. The lowest BCUT2D eigenvalue weighted by atomic mass is 9.76. The van der Waals surface area contributed by atoms with E-state index in [1.165, 1.54) is 6.42 Å². The van der Waals surface area contributed by atoms with Crippen molar-refractivity contribution >= 4 is 0 Å². The minimum absolute atomic E-state index is 0.403. The number of hydrogen-bond acceptors (Lipinski definition) is 0. The van der Waals surface area contributed by atoms with Gasteiger partial charge in [0.15, 0.2) is 0 Å². The molecule has 0 N–H and O–H groups in total. The molecule has 1 unspecified atom stereocenters. The average Bonchev–Trinajstić information content (AvgIpc) is 1.98. The molecular weight excluding hydrogens is 144 g/mol. The molecule has 72 valence electrons. The molecule has 0 aromatic rings. The molecule has 0 aliphatic carbocycles. The molecule has 0 heterocycles. The van der Waals surface area contributed by atoms with Crippen LogP contribution < -0.4 is 0 Å². The van der Waals surface area contributed by atoms with E-state index in [-0.39, 0.29) is 0 Å². The van der Waals surface area contributed by atoms with Gasteiger partial charge < -0.3 is 0 Å². The summed E-state index contributed by atoms with van der Waals surface area (Å²) in [5.74, 6) is 0.692. The van der Waals surface area contributed by atoms with Crippen molar-refractivity contribution in [2.75, 3.05) is 0 Å². The molecule has 0 rings (SSSR count). The molecule has 0 saturated carbocycles. The van der Waals surface area contributed by atoms with Crippen molar-refractivity contribution in [1.29, 1.82) is 0 Å². The van der Waals surface area contributed by atoms with E-state index in [2.05, 4.69) is 48.5 Å². The lowest BCUT2D eigenvalue weighted by molar-refractivity contribution is 0.298. The van der Waals surface area contributed by atoms with E-state index in [1.807, 2.05) is 0 Å². The van der Waals surface area contributed by atoms with E-state index in [1.54, 1.807) is 11.1 Å². The molecule has 12 heavy (non-hydrogen) atoms. The highest BCUT2D eigenvalue weighted by Gasteiger charge is 2.21. The van der Waals surface area contributed by atoms with Crippen LogP contribution >= 0.6 is 0 Å². The Kier molecular flexibility index (Phi) is 4.02. The summed E-state index contributed by atoms with van der Waals surface area (Å²) in [6.07, 6.45) is 1.19. The Morgan fingerprint density at radius 1 is 1.17 bits per heavy atom. The molecule has 0 heteroatoms. The van der Waals surface area contributed by atoms with Crippen LogP contribution in [0.1, 0.15) is 54.9 Å². The summed E-state index contributed by atoms with van der Waals surface area (Å²) in [5.41, 5.74) is 3.53. The van der Waals surface area contributed by atoms with Crippen LogP contribution in [0.25, 0.3) is 0 Å². The first kappa shape index (κ1) is 11.7. The first-order chi connectivity index (χ1) is 5.30. The maximum absolute atomic E-state index is 2.33. The molecule has 0 aromatic heterocycles. The van der Waals surface area contributed by atoms with Gasteiger partial charge in [0.05, 0.1) is 0 Å². The van der Waals surface area contributed by atoms with Crippen LogP contribution in [-0.4, -0.2) is 0 Å². The van der Waals surface area contributed by atoms with Gasteiger partial charge in [-0.15, -0.1) is 0 Å².